The number of nitrogen functional groups attached to an aromatic ring is 1. The molecule has 0 aliphatic rings. The number of pyridine rings is 1. The van der Waals surface area contributed by atoms with Gasteiger partial charge in [-0.05, 0) is 31.7 Å². The largest absolute Gasteiger partial charge is 0.475 e. The lowest BCUT2D eigenvalue weighted by Crippen LogP contribution is -2.16. The lowest BCUT2D eigenvalue weighted by molar-refractivity contribution is -0.141. The number of hydrogen-bond acceptors (Lipinski definition) is 5. The summed E-state index contributed by atoms with van der Waals surface area (Å²) in [6.07, 6.45) is 3.26. The number of anilines is 1. The lowest BCUT2D eigenvalue weighted by Gasteiger charge is -2.18. The van der Waals surface area contributed by atoms with E-state index >= 15 is 0 Å². The van der Waals surface area contributed by atoms with Gasteiger partial charge in [0.2, 0.25) is 5.88 Å². The van der Waals surface area contributed by atoms with Crippen molar-refractivity contribution in [3.05, 3.63) is 18.2 Å². The van der Waals surface area contributed by atoms with Crippen LogP contribution in [0.3, 0.4) is 0 Å². The van der Waals surface area contributed by atoms with E-state index in [2.05, 4.69) is 11.9 Å². The van der Waals surface area contributed by atoms with Crippen molar-refractivity contribution >= 4 is 11.8 Å². The number of methoxy groups -OCH3 is 1. The van der Waals surface area contributed by atoms with Crippen LogP contribution in [0.5, 0.6) is 5.88 Å². The number of esters is 1. The number of nitrogens with two attached hydrogens (primary N) is 1. The Hall–Kier alpha value is -1.78. The molecule has 0 aliphatic heterocycles. The van der Waals surface area contributed by atoms with E-state index in [1.54, 1.807) is 12.1 Å². The second-order valence-corrected chi connectivity index (χ2v) is 4.96. The molecule has 5 heteroatoms. The van der Waals surface area contributed by atoms with Crippen molar-refractivity contribution < 1.29 is 14.3 Å². The summed E-state index contributed by atoms with van der Waals surface area (Å²) in [4.78, 5) is 15.4. The van der Waals surface area contributed by atoms with Crippen molar-refractivity contribution in [3.8, 4) is 5.88 Å². The standard InChI is InChI=1S/C15H24N2O3/c1-4-12(10-15(18)19-3)9-8-11(2)20-14-7-5-6-13(16)17-14/h5-7,11-12H,4,8-10H2,1-3H3,(H2,16,17). The first kappa shape index (κ1) is 16.3. The SMILES string of the molecule is CCC(CCC(C)Oc1cccc(N)n1)CC(=O)OC. The number of ether oxygens (including phenoxy) is 2. The number of hydrogen-bond donors (Lipinski definition) is 1. The minimum atomic E-state index is -0.150. The second kappa shape index (κ2) is 8.40. The van der Waals surface area contributed by atoms with Crippen LogP contribution in [0.4, 0.5) is 5.82 Å². The van der Waals surface area contributed by atoms with Crippen molar-refractivity contribution in [1.29, 1.82) is 0 Å². The van der Waals surface area contributed by atoms with E-state index in [1.165, 1.54) is 7.11 Å². The van der Waals surface area contributed by atoms with E-state index in [4.69, 9.17) is 15.2 Å². The quantitative estimate of drug-likeness (QED) is 0.741. The predicted octanol–water partition coefficient (Wildman–Crippen LogP) is 2.80. The second-order valence-electron chi connectivity index (χ2n) is 4.96. The van der Waals surface area contributed by atoms with Crippen LogP contribution in [0.2, 0.25) is 0 Å². The first-order valence-electron chi connectivity index (χ1n) is 7.01. The topological polar surface area (TPSA) is 74.4 Å². The minimum absolute atomic E-state index is 0.0380. The van der Waals surface area contributed by atoms with E-state index < -0.39 is 0 Å². The molecule has 0 aromatic carbocycles. The average Bonchev–Trinajstić information content (AvgIpc) is 2.43. The van der Waals surface area contributed by atoms with Gasteiger partial charge in [-0.3, -0.25) is 4.79 Å². The summed E-state index contributed by atoms with van der Waals surface area (Å²) in [5.41, 5.74) is 5.61. The van der Waals surface area contributed by atoms with Gasteiger partial charge in [0.15, 0.2) is 0 Å². The van der Waals surface area contributed by atoms with Crippen LogP contribution in [0.1, 0.15) is 39.5 Å². The van der Waals surface area contributed by atoms with Crippen LogP contribution in [-0.2, 0) is 9.53 Å². The van der Waals surface area contributed by atoms with E-state index in [9.17, 15) is 4.79 Å². The van der Waals surface area contributed by atoms with E-state index in [0.717, 1.165) is 19.3 Å². The Morgan fingerprint density at radius 3 is 2.75 bits per heavy atom. The molecular formula is C15H24N2O3. The fraction of sp³-hybridized carbons (Fsp3) is 0.600. The van der Waals surface area contributed by atoms with Crippen molar-refractivity contribution in [3.63, 3.8) is 0 Å². The minimum Gasteiger partial charge on any atom is -0.475 e. The molecule has 0 fully saturated rings. The first-order valence-corrected chi connectivity index (χ1v) is 7.01. The number of carbonyl (C=O) groups is 1. The maximum absolute atomic E-state index is 11.3. The van der Waals surface area contributed by atoms with Gasteiger partial charge in [-0.25, -0.2) is 0 Å². The molecule has 0 spiro atoms. The molecule has 1 rings (SSSR count). The maximum Gasteiger partial charge on any atom is 0.305 e. The number of carbonyl (C=O) groups excluding carboxylic acids is 1. The van der Waals surface area contributed by atoms with Crippen LogP contribution >= 0.6 is 0 Å². The molecule has 5 nitrogen and oxygen atoms in total. The normalized spacial score (nSPS) is 13.6. The zero-order chi connectivity index (χ0) is 15.0. The zero-order valence-electron chi connectivity index (χ0n) is 12.5. The van der Waals surface area contributed by atoms with Gasteiger partial charge in [-0.2, -0.15) is 4.98 Å². The number of rotatable bonds is 8. The van der Waals surface area contributed by atoms with E-state index in [-0.39, 0.29) is 12.1 Å². The molecule has 112 valence electrons. The number of nitrogens with zero attached hydrogens (tertiary/aromatic N) is 1. The summed E-state index contributed by atoms with van der Waals surface area (Å²) in [5, 5.41) is 0. The Morgan fingerprint density at radius 2 is 2.15 bits per heavy atom. The zero-order valence-corrected chi connectivity index (χ0v) is 12.5. The summed E-state index contributed by atoms with van der Waals surface area (Å²) in [5.74, 6) is 1.18. The van der Waals surface area contributed by atoms with E-state index in [1.807, 2.05) is 13.0 Å². The highest BCUT2D eigenvalue weighted by Gasteiger charge is 2.14. The van der Waals surface area contributed by atoms with Crippen molar-refractivity contribution in [2.24, 2.45) is 5.92 Å². The molecule has 2 unspecified atom stereocenters. The first-order chi connectivity index (χ1) is 9.55. The summed E-state index contributed by atoms with van der Waals surface area (Å²) in [7, 11) is 1.42. The fourth-order valence-corrected chi connectivity index (χ4v) is 2.00. The molecular weight excluding hydrogens is 256 g/mol. The van der Waals surface area contributed by atoms with Crippen molar-refractivity contribution in [2.45, 2.75) is 45.6 Å². The third-order valence-electron chi connectivity index (χ3n) is 3.31. The van der Waals surface area contributed by atoms with Crippen molar-refractivity contribution in [1.82, 2.24) is 4.98 Å². The summed E-state index contributed by atoms with van der Waals surface area (Å²) in [6, 6.07) is 5.33. The van der Waals surface area contributed by atoms with Crippen LogP contribution < -0.4 is 10.5 Å². The molecule has 2 atom stereocenters. The van der Waals surface area contributed by atoms with Gasteiger partial charge >= 0.3 is 5.97 Å². The fourth-order valence-electron chi connectivity index (χ4n) is 2.00. The monoisotopic (exact) mass is 280 g/mol. The third-order valence-corrected chi connectivity index (χ3v) is 3.31. The summed E-state index contributed by atoms with van der Waals surface area (Å²) >= 11 is 0. The highest BCUT2D eigenvalue weighted by Crippen LogP contribution is 2.19. The van der Waals surface area contributed by atoms with Gasteiger partial charge in [0, 0.05) is 12.5 Å². The van der Waals surface area contributed by atoms with Gasteiger partial charge in [0.1, 0.15) is 5.82 Å². The van der Waals surface area contributed by atoms with Gasteiger partial charge < -0.3 is 15.2 Å². The molecule has 20 heavy (non-hydrogen) atoms. The Balaban J connectivity index is 2.38. The Morgan fingerprint density at radius 1 is 1.40 bits per heavy atom. The molecule has 0 amide bonds. The molecule has 0 saturated heterocycles. The highest BCUT2D eigenvalue weighted by molar-refractivity contribution is 5.69. The maximum atomic E-state index is 11.3. The lowest BCUT2D eigenvalue weighted by atomic mass is 9.95. The van der Waals surface area contributed by atoms with Crippen LogP contribution in [-0.4, -0.2) is 24.2 Å². The molecule has 1 aromatic heterocycles. The highest BCUT2D eigenvalue weighted by atomic mass is 16.5. The molecule has 0 radical (unpaired) electrons. The smallest absolute Gasteiger partial charge is 0.305 e. The Bertz CT molecular complexity index is 423. The van der Waals surface area contributed by atoms with Crippen LogP contribution in [0, 0.1) is 5.92 Å². The van der Waals surface area contributed by atoms with Crippen LogP contribution in [0.15, 0.2) is 18.2 Å². The van der Waals surface area contributed by atoms with Crippen LogP contribution in [0.25, 0.3) is 0 Å². The molecule has 0 saturated carbocycles. The number of aromatic nitrogens is 1. The molecule has 0 aliphatic carbocycles. The van der Waals surface area contributed by atoms with Crippen molar-refractivity contribution in [2.75, 3.05) is 12.8 Å². The van der Waals surface area contributed by atoms with Gasteiger partial charge in [0.25, 0.3) is 0 Å². The third kappa shape index (κ3) is 5.91. The summed E-state index contributed by atoms with van der Waals surface area (Å²) < 4.78 is 10.4. The van der Waals surface area contributed by atoms with Gasteiger partial charge in [-0.15, -0.1) is 0 Å². The average molecular weight is 280 g/mol. The Kier molecular flexibility index (Phi) is 6.84. The van der Waals surface area contributed by atoms with Gasteiger partial charge in [0.05, 0.1) is 13.2 Å². The Labute approximate surface area is 120 Å². The molecule has 1 heterocycles. The summed E-state index contributed by atoms with van der Waals surface area (Å²) in [6.45, 7) is 4.08. The molecule has 2 N–H and O–H groups in total. The van der Waals surface area contributed by atoms with E-state index in [0.29, 0.717) is 24.0 Å². The van der Waals surface area contributed by atoms with Gasteiger partial charge in [-0.1, -0.05) is 19.4 Å². The predicted molar refractivity (Wildman–Crippen MR) is 78.4 cm³/mol. The molecule has 1 aromatic rings. The molecule has 0 bridgehead atoms.